The molecule has 176 valence electrons. The van der Waals surface area contributed by atoms with Crippen LogP contribution in [0.4, 0.5) is 0 Å². The van der Waals surface area contributed by atoms with Gasteiger partial charge in [-0.15, -0.1) is 0 Å². The Labute approximate surface area is 199 Å². The van der Waals surface area contributed by atoms with Crippen molar-refractivity contribution in [2.45, 2.75) is 38.5 Å². The second-order valence-electron chi connectivity index (χ2n) is 9.53. The van der Waals surface area contributed by atoms with Crippen LogP contribution in [-0.2, 0) is 6.54 Å². The van der Waals surface area contributed by atoms with Crippen molar-refractivity contribution in [1.82, 2.24) is 26.1 Å². The molecule has 4 N–H and O–H groups in total. The summed E-state index contributed by atoms with van der Waals surface area (Å²) < 4.78 is 0. The number of H-pyrrole nitrogens is 1. The number of hydrogen-bond donors (Lipinski definition) is 4. The molecule has 2 heterocycles. The normalized spacial score (nSPS) is 21.5. The van der Waals surface area contributed by atoms with Crippen molar-refractivity contribution in [2.24, 2.45) is 5.92 Å². The van der Waals surface area contributed by atoms with E-state index in [0.717, 1.165) is 34.5 Å². The minimum atomic E-state index is -0.372. The van der Waals surface area contributed by atoms with E-state index in [1.54, 1.807) is 6.07 Å². The van der Waals surface area contributed by atoms with E-state index in [4.69, 9.17) is 0 Å². The number of pyridine rings is 1. The number of aromatic amines is 1. The van der Waals surface area contributed by atoms with Crippen LogP contribution in [0.3, 0.4) is 0 Å². The first-order valence-electron chi connectivity index (χ1n) is 11.8. The van der Waals surface area contributed by atoms with E-state index in [0.29, 0.717) is 24.5 Å². The van der Waals surface area contributed by atoms with Gasteiger partial charge >= 0.3 is 0 Å². The van der Waals surface area contributed by atoms with Crippen LogP contribution in [0, 0.1) is 5.92 Å². The standard InChI is InChI=1S/C27H31N5O2/c1-16-24(17(2)31-30-16)15-32(3)14-18-12-13-23(26(33)28-18)27(34)29-25-21-10-6-4-8-19(21)20-9-5-7-11-22(20)25/h4-13,16-17,24-25,30-31H,14-15H2,1-3H3,(H,28,33)(H,29,34). The molecule has 1 amide bonds. The number of rotatable bonds is 6. The van der Waals surface area contributed by atoms with E-state index in [9.17, 15) is 9.59 Å². The summed E-state index contributed by atoms with van der Waals surface area (Å²) in [6.45, 7) is 5.85. The van der Waals surface area contributed by atoms with Crippen molar-refractivity contribution in [2.75, 3.05) is 13.6 Å². The Kier molecular flexibility index (Phi) is 6.08. The molecule has 7 heteroatoms. The zero-order chi connectivity index (χ0) is 23.8. The first-order valence-corrected chi connectivity index (χ1v) is 11.8. The Morgan fingerprint density at radius 1 is 0.912 bits per heavy atom. The lowest BCUT2D eigenvalue weighted by Crippen LogP contribution is -2.36. The van der Waals surface area contributed by atoms with Gasteiger partial charge in [-0.3, -0.25) is 20.4 Å². The molecule has 1 aromatic heterocycles. The maximum Gasteiger partial charge on any atom is 0.261 e. The molecule has 2 aromatic carbocycles. The average Bonchev–Trinajstić information content (AvgIpc) is 3.31. The highest BCUT2D eigenvalue weighted by Crippen LogP contribution is 2.43. The minimum absolute atomic E-state index is 0.125. The molecule has 3 aromatic rings. The quantitative estimate of drug-likeness (QED) is 0.457. The summed E-state index contributed by atoms with van der Waals surface area (Å²) in [4.78, 5) is 31.1. The van der Waals surface area contributed by atoms with E-state index < -0.39 is 0 Å². The van der Waals surface area contributed by atoms with Gasteiger partial charge in [0.25, 0.3) is 11.5 Å². The fourth-order valence-corrected chi connectivity index (χ4v) is 5.25. The van der Waals surface area contributed by atoms with Gasteiger partial charge in [0.15, 0.2) is 0 Å². The Bertz CT molecular complexity index is 1210. The summed E-state index contributed by atoms with van der Waals surface area (Å²) in [7, 11) is 2.05. The van der Waals surface area contributed by atoms with Crippen molar-refractivity contribution in [3.63, 3.8) is 0 Å². The Morgan fingerprint density at radius 2 is 1.50 bits per heavy atom. The summed E-state index contributed by atoms with van der Waals surface area (Å²) >= 11 is 0. The molecular weight excluding hydrogens is 426 g/mol. The summed E-state index contributed by atoms with van der Waals surface area (Å²) in [6.07, 6.45) is 0. The van der Waals surface area contributed by atoms with E-state index in [1.165, 1.54) is 0 Å². The van der Waals surface area contributed by atoms with Crippen LogP contribution < -0.4 is 21.7 Å². The van der Waals surface area contributed by atoms with Gasteiger partial charge in [-0.05, 0) is 55.3 Å². The number of hydrazine groups is 1. The fraction of sp³-hybridized carbons (Fsp3) is 0.333. The highest BCUT2D eigenvalue weighted by molar-refractivity contribution is 5.95. The minimum Gasteiger partial charge on any atom is -0.341 e. The van der Waals surface area contributed by atoms with Gasteiger partial charge in [0.05, 0.1) is 6.04 Å². The second kappa shape index (κ2) is 9.18. The summed E-state index contributed by atoms with van der Waals surface area (Å²) in [6, 6.07) is 20.1. The van der Waals surface area contributed by atoms with Crippen LogP contribution in [0.15, 0.2) is 65.5 Å². The molecule has 0 bridgehead atoms. The topological polar surface area (TPSA) is 89.3 Å². The zero-order valence-corrected chi connectivity index (χ0v) is 19.8. The van der Waals surface area contributed by atoms with Crippen LogP contribution in [0.5, 0.6) is 0 Å². The van der Waals surface area contributed by atoms with Gasteiger partial charge in [0.1, 0.15) is 5.56 Å². The molecule has 0 radical (unpaired) electrons. The second-order valence-corrected chi connectivity index (χ2v) is 9.53. The van der Waals surface area contributed by atoms with Crippen LogP contribution >= 0.6 is 0 Å². The molecule has 2 atom stereocenters. The van der Waals surface area contributed by atoms with Gasteiger partial charge in [-0.2, -0.15) is 0 Å². The summed E-state index contributed by atoms with van der Waals surface area (Å²) in [5.74, 6) is 0.0994. The number of carbonyl (C=O) groups is 1. The number of amides is 1. The molecule has 0 spiro atoms. The molecule has 1 fully saturated rings. The third-order valence-electron chi connectivity index (χ3n) is 7.11. The lowest BCUT2D eigenvalue weighted by Gasteiger charge is -2.25. The molecule has 34 heavy (non-hydrogen) atoms. The van der Waals surface area contributed by atoms with Gasteiger partial charge in [-0.1, -0.05) is 48.5 Å². The van der Waals surface area contributed by atoms with Crippen molar-refractivity contribution in [3.8, 4) is 11.1 Å². The number of nitrogens with one attached hydrogen (secondary N) is 4. The van der Waals surface area contributed by atoms with Crippen molar-refractivity contribution in [3.05, 3.63) is 93.4 Å². The van der Waals surface area contributed by atoms with Crippen molar-refractivity contribution >= 4 is 5.91 Å². The number of benzene rings is 2. The van der Waals surface area contributed by atoms with E-state index in [2.05, 4.69) is 52.0 Å². The lowest BCUT2D eigenvalue weighted by molar-refractivity contribution is 0.0942. The Morgan fingerprint density at radius 3 is 2.09 bits per heavy atom. The van der Waals surface area contributed by atoms with Crippen molar-refractivity contribution < 1.29 is 4.79 Å². The molecule has 1 aliphatic heterocycles. The predicted octanol–water partition coefficient (Wildman–Crippen LogP) is 2.81. The SMILES string of the molecule is CC1NNC(C)C1CN(C)Cc1ccc(C(=O)NC2c3ccccc3-c3ccccc32)c(=O)[nH]1. The number of carbonyl (C=O) groups excluding carboxylic acids is 1. The zero-order valence-electron chi connectivity index (χ0n) is 19.8. The number of aromatic nitrogens is 1. The number of fused-ring (bicyclic) bond motifs is 3. The van der Waals surface area contributed by atoms with Gasteiger partial charge < -0.3 is 15.2 Å². The molecular formula is C27H31N5O2. The Hall–Kier alpha value is -3.26. The largest absolute Gasteiger partial charge is 0.341 e. The maximum absolute atomic E-state index is 13.1. The summed E-state index contributed by atoms with van der Waals surface area (Å²) in [5, 5.41) is 3.08. The third kappa shape index (κ3) is 4.18. The van der Waals surface area contributed by atoms with Crippen LogP contribution in [-0.4, -0.2) is 41.5 Å². The smallest absolute Gasteiger partial charge is 0.261 e. The lowest BCUT2D eigenvalue weighted by atomic mass is 9.96. The molecule has 0 saturated carbocycles. The average molecular weight is 458 g/mol. The highest BCUT2D eigenvalue weighted by Gasteiger charge is 2.31. The van der Waals surface area contributed by atoms with Crippen LogP contribution in [0.25, 0.3) is 11.1 Å². The van der Waals surface area contributed by atoms with Crippen LogP contribution in [0.2, 0.25) is 0 Å². The molecule has 5 rings (SSSR count). The fourth-order valence-electron chi connectivity index (χ4n) is 5.25. The van der Waals surface area contributed by atoms with E-state index in [-0.39, 0.29) is 23.1 Å². The van der Waals surface area contributed by atoms with Crippen molar-refractivity contribution in [1.29, 1.82) is 0 Å². The predicted molar refractivity (Wildman–Crippen MR) is 133 cm³/mol. The Balaban J connectivity index is 1.30. The molecule has 1 saturated heterocycles. The van der Waals surface area contributed by atoms with E-state index in [1.807, 2.05) is 49.5 Å². The van der Waals surface area contributed by atoms with Gasteiger partial charge in [-0.25, -0.2) is 0 Å². The highest BCUT2D eigenvalue weighted by atomic mass is 16.2. The monoisotopic (exact) mass is 457 g/mol. The molecule has 7 nitrogen and oxygen atoms in total. The van der Waals surface area contributed by atoms with Crippen LogP contribution in [0.1, 0.15) is 47.1 Å². The molecule has 2 aliphatic rings. The molecule has 2 unspecified atom stereocenters. The number of hydrogen-bond acceptors (Lipinski definition) is 5. The van der Waals surface area contributed by atoms with Gasteiger partial charge in [0.2, 0.25) is 0 Å². The third-order valence-corrected chi connectivity index (χ3v) is 7.11. The van der Waals surface area contributed by atoms with Gasteiger partial charge in [0, 0.05) is 36.8 Å². The molecule has 1 aliphatic carbocycles. The first kappa shape index (κ1) is 22.5. The van der Waals surface area contributed by atoms with E-state index >= 15 is 0 Å². The number of nitrogens with zero attached hydrogens (tertiary/aromatic N) is 1. The maximum atomic E-state index is 13.1. The first-order chi connectivity index (χ1) is 16.4. The summed E-state index contributed by atoms with van der Waals surface area (Å²) in [5.41, 5.74) is 11.4.